The lowest BCUT2D eigenvalue weighted by Crippen LogP contribution is -2.19. The molecule has 0 unspecified atom stereocenters. The molecule has 0 spiro atoms. The van der Waals surface area contributed by atoms with Gasteiger partial charge < -0.3 is 4.74 Å². The second-order valence-electron chi connectivity index (χ2n) is 6.63. The summed E-state index contributed by atoms with van der Waals surface area (Å²) in [7, 11) is 0. The van der Waals surface area contributed by atoms with Crippen molar-refractivity contribution in [3.8, 4) is 5.75 Å². The lowest BCUT2D eigenvalue weighted by Gasteiger charge is -2.10. The monoisotopic (exact) mass is 520 g/mol. The van der Waals surface area contributed by atoms with Gasteiger partial charge in [-0.25, -0.2) is 10.2 Å². The molecule has 6 heteroatoms. The van der Waals surface area contributed by atoms with Gasteiger partial charge in [-0.15, -0.1) is 0 Å². The molecule has 0 aromatic heterocycles. The largest absolute Gasteiger partial charge is 0.422 e. The maximum Gasteiger partial charge on any atom is 0.343 e. The number of hydrogen-bond donors (Lipinski definition) is 1. The molecule has 0 bridgehead atoms. The molecule has 1 N–H and O–H groups in total. The first-order valence-electron chi connectivity index (χ1n) is 9.50. The van der Waals surface area contributed by atoms with Crippen LogP contribution in [0.1, 0.15) is 26.3 Å². The Labute approximate surface area is 192 Å². The van der Waals surface area contributed by atoms with Crippen molar-refractivity contribution in [2.45, 2.75) is 0 Å². The number of carbonyl (C=O) groups is 2. The highest BCUT2D eigenvalue weighted by atomic mass is 127. The van der Waals surface area contributed by atoms with Crippen molar-refractivity contribution in [2.75, 3.05) is 0 Å². The number of benzene rings is 4. The Bertz CT molecular complexity index is 1290. The number of nitrogens with one attached hydrogen (secondary N) is 1. The van der Waals surface area contributed by atoms with Crippen LogP contribution >= 0.6 is 22.6 Å². The van der Waals surface area contributed by atoms with E-state index < -0.39 is 5.97 Å². The Morgan fingerprint density at radius 3 is 2.35 bits per heavy atom. The Morgan fingerprint density at radius 1 is 0.839 bits per heavy atom. The fraction of sp³-hybridized carbons (Fsp3) is 0. The van der Waals surface area contributed by atoms with E-state index in [0.29, 0.717) is 22.4 Å². The van der Waals surface area contributed by atoms with Crippen LogP contribution in [0.25, 0.3) is 10.8 Å². The van der Waals surface area contributed by atoms with Crippen molar-refractivity contribution in [1.29, 1.82) is 0 Å². The van der Waals surface area contributed by atoms with Crippen molar-refractivity contribution >= 4 is 51.5 Å². The van der Waals surface area contributed by atoms with Gasteiger partial charge in [0, 0.05) is 9.13 Å². The Kier molecular flexibility index (Phi) is 6.37. The van der Waals surface area contributed by atoms with Gasteiger partial charge in [0.1, 0.15) is 5.75 Å². The fourth-order valence-corrected chi connectivity index (χ4v) is 3.72. The fourth-order valence-electron chi connectivity index (χ4n) is 3.09. The number of ether oxygens (including phenoxy) is 1. The number of halogens is 1. The smallest absolute Gasteiger partial charge is 0.343 e. The zero-order valence-electron chi connectivity index (χ0n) is 16.3. The number of carbonyl (C=O) groups excluding carboxylic acids is 2. The molecule has 4 aromatic carbocycles. The first-order chi connectivity index (χ1) is 15.1. The summed E-state index contributed by atoms with van der Waals surface area (Å²) >= 11 is 2.10. The van der Waals surface area contributed by atoms with Crippen LogP contribution in [-0.2, 0) is 0 Å². The molecule has 0 saturated carbocycles. The van der Waals surface area contributed by atoms with Gasteiger partial charge >= 0.3 is 5.97 Å². The normalized spacial score (nSPS) is 10.9. The topological polar surface area (TPSA) is 67.8 Å². The SMILES string of the molecule is O=C(Oc1ccc2ccccc2c1/C=N/NC(=O)c1ccccc1I)c1ccccc1. The number of hydrazone groups is 1. The highest BCUT2D eigenvalue weighted by molar-refractivity contribution is 14.1. The average Bonchev–Trinajstić information content (AvgIpc) is 2.81. The van der Waals surface area contributed by atoms with Gasteiger partial charge in [0.25, 0.3) is 5.91 Å². The predicted octanol–water partition coefficient (Wildman–Crippen LogP) is 5.43. The van der Waals surface area contributed by atoms with Gasteiger partial charge in [0.15, 0.2) is 0 Å². The molecule has 152 valence electrons. The third kappa shape index (κ3) is 4.80. The highest BCUT2D eigenvalue weighted by Gasteiger charge is 2.14. The van der Waals surface area contributed by atoms with E-state index in [9.17, 15) is 9.59 Å². The van der Waals surface area contributed by atoms with E-state index in [1.165, 1.54) is 6.21 Å². The lowest BCUT2D eigenvalue weighted by atomic mass is 10.0. The third-order valence-corrected chi connectivity index (χ3v) is 5.56. The summed E-state index contributed by atoms with van der Waals surface area (Å²) in [5.41, 5.74) is 4.14. The van der Waals surface area contributed by atoms with E-state index in [2.05, 4.69) is 33.1 Å². The van der Waals surface area contributed by atoms with Gasteiger partial charge in [-0.3, -0.25) is 4.79 Å². The maximum absolute atomic E-state index is 12.6. The van der Waals surface area contributed by atoms with Gasteiger partial charge in [0.05, 0.1) is 17.3 Å². The molecule has 4 rings (SSSR count). The van der Waals surface area contributed by atoms with Crippen LogP contribution in [-0.4, -0.2) is 18.1 Å². The highest BCUT2D eigenvalue weighted by Crippen LogP contribution is 2.27. The van der Waals surface area contributed by atoms with E-state index in [1.807, 2.05) is 48.5 Å². The summed E-state index contributed by atoms with van der Waals surface area (Å²) in [5, 5.41) is 5.95. The number of nitrogens with zero attached hydrogens (tertiary/aromatic N) is 1. The van der Waals surface area contributed by atoms with E-state index >= 15 is 0 Å². The molecule has 31 heavy (non-hydrogen) atoms. The minimum absolute atomic E-state index is 0.315. The minimum atomic E-state index is -0.464. The van der Waals surface area contributed by atoms with E-state index in [0.717, 1.165) is 14.3 Å². The van der Waals surface area contributed by atoms with Crippen molar-refractivity contribution in [2.24, 2.45) is 5.10 Å². The summed E-state index contributed by atoms with van der Waals surface area (Å²) in [6.07, 6.45) is 1.50. The van der Waals surface area contributed by atoms with Crippen molar-refractivity contribution in [3.05, 3.63) is 111 Å². The molecule has 5 nitrogen and oxygen atoms in total. The van der Waals surface area contributed by atoms with E-state index in [1.54, 1.807) is 42.5 Å². The Balaban J connectivity index is 1.64. The van der Waals surface area contributed by atoms with Crippen LogP contribution in [0.4, 0.5) is 0 Å². The number of hydrogen-bond acceptors (Lipinski definition) is 4. The van der Waals surface area contributed by atoms with Crippen LogP contribution < -0.4 is 10.2 Å². The Hall–Kier alpha value is -3.52. The molecular weight excluding hydrogens is 503 g/mol. The predicted molar refractivity (Wildman–Crippen MR) is 130 cm³/mol. The summed E-state index contributed by atoms with van der Waals surface area (Å²) in [4.78, 5) is 25.0. The number of rotatable bonds is 5. The number of fused-ring (bicyclic) bond motifs is 1. The van der Waals surface area contributed by atoms with Gasteiger partial charge in [-0.2, -0.15) is 5.10 Å². The van der Waals surface area contributed by atoms with Crippen LogP contribution in [0.5, 0.6) is 5.75 Å². The molecule has 0 aliphatic carbocycles. The molecule has 0 fully saturated rings. The zero-order valence-corrected chi connectivity index (χ0v) is 18.4. The summed E-state index contributed by atoms with van der Waals surface area (Å²) in [6, 6.07) is 27.3. The standard InChI is InChI=1S/C25H17IN2O3/c26-22-13-7-6-12-20(22)24(29)28-27-16-21-19-11-5-4-8-17(19)14-15-23(21)31-25(30)18-9-2-1-3-10-18/h1-16H,(H,28,29)/b27-16+. The van der Waals surface area contributed by atoms with Gasteiger partial charge in [0.2, 0.25) is 0 Å². The number of esters is 1. The molecule has 0 heterocycles. The first kappa shape index (κ1) is 20.7. The van der Waals surface area contributed by atoms with Crippen LogP contribution in [0.3, 0.4) is 0 Å². The second-order valence-corrected chi connectivity index (χ2v) is 7.80. The molecular formula is C25H17IN2O3. The van der Waals surface area contributed by atoms with E-state index in [-0.39, 0.29) is 5.91 Å². The Morgan fingerprint density at radius 2 is 1.55 bits per heavy atom. The zero-order chi connectivity index (χ0) is 21.6. The molecule has 0 radical (unpaired) electrons. The molecule has 4 aromatic rings. The maximum atomic E-state index is 12.6. The minimum Gasteiger partial charge on any atom is -0.422 e. The van der Waals surface area contributed by atoms with Crippen LogP contribution in [0.15, 0.2) is 96.1 Å². The number of amides is 1. The van der Waals surface area contributed by atoms with Crippen molar-refractivity contribution < 1.29 is 14.3 Å². The summed E-state index contributed by atoms with van der Waals surface area (Å²) in [6.45, 7) is 0. The summed E-state index contributed by atoms with van der Waals surface area (Å²) in [5.74, 6) is -0.419. The average molecular weight is 520 g/mol. The summed E-state index contributed by atoms with van der Waals surface area (Å²) < 4.78 is 6.49. The molecule has 0 saturated heterocycles. The molecule has 1 amide bonds. The second kappa shape index (κ2) is 9.53. The van der Waals surface area contributed by atoms with Gasteiger partial charge in [-0.1, -0.05) is 60.7 Å². The lowest BCUT2D eigenvalue weighted by molar-refractivity contribution is 0.0734. The van der Waals surface area contributed by atoms with Crippen molar-refractivity contribution in [3.63, 3.8) is 0 Å². The van der Waals surface area contributed by atoms with Crippen LogP contribution in [0.2, 0.25) is 0 Å². The van der Waals surface area contributed by atoms with E-state index in [4.69, 9.17) is 4.74 Å². The van der Waals surface area contributed by atoms with Crippen LogP contribution in [0, 0.1) is 3.57 Å². The molecule has 0 atom stereocenters. The van der Waals surface area contributed by atoms with Gasteiger partial charge in [-0.05, 0) is 63.7 Å². The molecule has 0 aliphatic rings. The third-order valence-electron chi connectivity index (χ3n) is 4.62. The molecule has 0 aliphatic heterocycles. The quantitative estimate of drug-likeness (QED) is 0.126. The van der Waals surface area contributed by atoms with Crippen molar-refractivity contribution in [1.82, 2.24) is 5.43 Å². The first-order valence-corrected chi connectivity index (χ1v) is 10.6.